The fourth-order valence-corrected chi connectivity index (χ4v) is 4.80. The van der Waals surface area contributed by atoms with Crippen LogP contribution >= 0.6 is 0 Å². The van der Waals surface area contributed by atoms with E-state index in [2.05, 4.69) is 31.0 Å². The minimum Gasteiger partial charge on any atom is -0.508 e. The Kier molecular flexibility index (Phi) is 4.48. The van der Waals surface area contributed by atoms with Crippen molar-refractivity contribution in [2.75, 3.05) is 0 Å². The van der Waals surface area contributed by atoms with Crippen LogP contribution in [-0.4, -0.2) is 17.2 Å². The number of carbonyl (C=O) groups is 1. The van der Waals surface area contributed by atoms with Gasteiger partial charge in [-0.1, -0.05) is 20.8 Å². The fourth-order valence-electron chi connectivity index (χ4n) is 4.80. The van der Waals surface area contributed by atoms with Crippen LogP contribution in [0.3, 0.4) is 0 Å². The van der Waals surface area contributed by atoms with E-state index >= 15 is 0 Å². The molecule has 0 saturated heterocycles. The van der Waals surface area contributed by atoms with Gasteiger partial charge in [-0.2, -0.15) is 10.2 Å². The Morgan fingerprint density at radius 1 is 1.00 bits per heavy atom. The molecule has 3 unspecified atom stereocenters. The summed E-state index contributed by atoms with van der Waals surface area (Å²) < 4.78 is 5.93. The number of azo groups is 1. The Balaban J connectivity index is 1.41. The average molecular weight is 378 g/mol. The van der Waals surface area contributed by atoms with Gasteiger partial charge in [0.05, 0.1) is 16.9 Å². The second-order valence-electron chi connectivity index (χ2n) is 8.77. The zero-order valence-corrected chi connectivity index (χ0v) is 16.6. The SMILES string of the molecule is CC1(C)C2CCC1(C)C(OC(=O)c1ccc(N=Nc3ccc(O)cc3)cc1)C2. The van der Waals surface area contributed by atoms with Crippen LogP contribution in [0.5, 0.6) is 5.75 Å². The van der Waals surface area contributed by atoms with Crippen LogP contribution in [0, 0.1) is 16.7 Å². The maximum atomic E-state index is 12.7. The quantitative estimate of drug-likeness (QED) is 0.510. The molecule has 146 valence electrons. The number of nitrogens with zero attached hydrogens (tertiary/aromatic N) is 2. The summed E-state index contributed by atoms with van der Waals surface area (Å²) in [4.78, 5) is 12.7. The number of rotatable bonds is 4. The van der Waals surface area contributed by atoms with Crippen LogP contribution in [0.1, 0.15) is 50.4 Å². The molecule has 1 N–H and O–H groups in total. The molecule has 2 aliphatic carbocycles. The number of hydrogen-bond acceptors (Lipinski definition) is 5. The number of hydrogen-bond donors (Lipinski definition) is 1. The highest BCUT2D eigenvalue weighted by Gasteiger charge is 2.62. The molecule has 0 heterocycles. The van der Waals surface area contributed by atoms with E-state index in [1.54, 1.807) is 48.5 Å². The highest BCUT2D eigenvalue weighted by atomic mass is 16.5. The molecule has 0 radical (unpaired) electrons. The minimum absolute atomic E-state index is 0.0115. The zero-order chi connectivity index (χ0) is 19.9. The molecule has 2 fully saturated rings. The van der Waals surface area contributed by atoms with Gasteiger partial charge in [0.25, 0.3) is 0 Å². The average Bonchev–Trinajstić information content (AvgIpc) is 3.01. The molecule has 2 saturated carbocycles. The van der Waals surface area contributed by atoms with Crippen LogP contribution in [-0.2, 0) is 4.74 Å². The third-order valence-corrected chi connectivity index (χ3v) is 7.20. The van der Waals surface area contributed by atoms with Gasteiger partial charge in [-0.3, -0.25) is 0 Å². The predicted molar refractivity (Wildman–Crippen MR) is 107 cm³/mol. The maximum absolute atomic E-state index is 12.7. The van der Waals surface area contributed by atoms with Crippen molar-refractivity contribution in [3.05, 3.63) is 54.1 Å². The second-order valence-corrected chi connectivity index (χ2v) is 8.77. The minimum atomic E-state index is -0.267. The van der Waals surface area contributed by atoms with Gasteiger partial charge in [0.15, 0.2) is 0 Å². The molecule has 5 nitrogen and oxygen atoms in total. The lowest BCUT2D eigenvalue weighted by Gasteiger charge is -2.38. The first kappa shape index (κ1) is 18.7. The molecular formula is C23H26N2O3. The summed E-state index contributed by atoms with van der Waals surface area (Å²) in [5, 5.41) is 17.6. The largest absolute Gasteiger partial charge is 0.508 e. The molecule has 2 aromatic rings. The van der Waals surface area contributed by atoms with Gasteiger partial charge < -0.3 is 9.84 Å². The molecule has 2 aliphatic rings. The van der Waals surface area contributed by atoms with Crippen LogP contribution in [0.15, 0.2) is 58.8 Å². The third kappa shape index (κ3) is 3.09. The summed E-state index contributed by atoms with van der Waals surface area (Å²) in [7, 11) is 0. The molecule has 5 heteroatoms. The summed E-state index contributed by atoms with van der Waals surface area (Å²) >= 11 is 0. The van der Waals surface area contributed by atoms with Crippen molar-refractivity contribution in [1.29, 1.82) is 0 Å². The van der Waals surface area contributed by atoms with Gasteiger partial charge in [-0.25, -0.2) is 4.79 Å². The lowest BCUT2D eigenvalue weighted by Crippen LogP contribution is -2.38. The van der Waals surface area contributed by atoms with Crippen molar-refractivity contribution in [3.8, 4) is 5.75 Å². The lowest BCUT2D eigenvalue weighted by atomic mass is 9.70. The first-order valence-corrected chi connectivity index (χ1v) is 9.81. The smallest absolute Gasteiger partial charge is 0.338 e. The number of fused-ring (bicyclic) bond motifs is 2. The van der Waals surface area contributed by atoms with E-state index in [-0.39, 0.29) is 28.7 Å². The van der Waals surface area contributed by atoms with Crippen molar-refractivity contribution < 1.29 is 14.6 Å². The van der Waals surface area contributed by atoms with E-state index in [0.717, 1.165) is 12.8 Å². The van der Waals surface area contributed by atoms with E-state index in [0.29, 0.717) is 22.9 Å². The van der Waals surface area contributed by atoms with Gasteiger partial charge in [0, 0.05) is 5.41 Å². The number of esters is 1. The van der Waals surface area contributed by atoms with Gasteiger partial charge in [-0.15, -0.1) is 0 Å². The molecule has 0 spiro atoms. The van der Waals surface area contributed by atoms with Crippen LogP contribution < -0.4 is 0 Å². The highest BCUT2D eigenvalue weighted by Crippen LogP contribution is 2.66. The standard InChI is InChI=1S/C23H26N2O3/c1-22(2)16-12-13-23(22,3)20(14-16)28-21(27)15-4-6-17(7-5-15)24-25-18-8-10-19(26)11-9-18/h4-11,16,20,26H,12-14H2,1-3H3. The Hall–Kier alpha value is -2.69. The molecule has 3 atom stereocenters. The molecule has 0 amide bonds. The topological polar surface area (TPSA) is 71.2 Å². The Labute approximate surface area is 165 Å². The zero-order valence-electron chi connectivity index (χ0n) is 16.6. The van der Waals surface area contributed by atoms with Crippen LogP contribution in [0.25, 0.3) is 0 Å². The van der Waals surface area contributed by atoms with E-state index in [9.17, 15) is 9.90 Å². The molecule has 4 rings (SSSR count). The van der Waals surface area contributed by atoms with E-state index in [1.807, 2.05) is 0 Å². The number of aromatic hydroxyl groups is 1. The van der Waals surface area contributed by atoms with Crippen molar-refractivity contribution in [1.82, 2.24) is 0 Å². The molecule has 2 bridgehead atoms. The first-order valence-electron chi connectivity index (χ1n) is 9.81. The third-order valence-electron chi connectivity index (χ3n) is 7.20. The van der Waals surface area contributed by atoms with Crippen LogP contribution in [0.4, 0.5) is 11.4 Å². The molecular weight excluding hydrogens is 352 g/mol. The number of carbonyl (C=O) groups excluding carboxylic acids is 1. The van der Waals surface area contributed by atoms with Crippen molar-refractivity contribution in [2.45, 2.75) is 46.1 Å². The van der Waals surface area contributed by atoms with Crippen molar-refractivity contribution in [3.63, 3.8) is 0 Å². The Morgan fingerprint density at radius 3 is 2.07 bits per heavy atom. The summed E-state index contributed by atoms with van der Waals surface area (Å²) in [6, 6.07) is 13.5. The molecule has 28 heavy (non-hydrogen) atoms. The van der Waals surface area contributed by atoms with Gasteiger partial charge in [-0.05, 0) is 79.1 Å². The normalized spacial score (nSPS) is 28.0. The van der Waals surface area contributed by atoms with Crippen molar-refractivity contribution in [2.24, 2.45) is 27.0 Å². The Bertz CT molecular complexity index is 902. The Morgan fingerprint density at radius 2 is 1.57 bits per heavy atom. The van der Waals surface area contributed by atoms with E-state index in [4.69, 9.17) is 4.74 Å². The van der Waals surface area contributed by atoms with Gasteiger partial charge in [0.2, 0.25) is 0 Å². The fraction of sp³-hybridized carbons (Fsp3) is 0.435. The maximum Gasteiger partial charge on any atom is 0.338 e. The molecule has 0 aromatic heterocycles. The van der Waals surface area contributed by atoms with Gasteiger partial charge in [0.1, 0.15) is 11.9 Å². The number of benzene rings is 2. The summed E-state index contributed by atoms with van der Waals surface area (Å²) in [6.45, 7) is 6.89. The number of phenolic OH excluding ortho intramolecular Hbond substituents is 1. The lowest BCUT2D eigenvalue weighted by molar-refractivity contribution is -0.0242. The number of phenols is 1. The molecule has 2 aromatic carbocycles. The highest BCUT2D eigenvalue weighted by molar-refractivity contribution is 5.89. The van der Waals surface area contributed by atoms with Crippen LogP contribution in [0.2, 0.25) is 0 Å². The van der Waals surface area contributed by atoms with E-state index in [1.165, 1.54) is 6.42 Å². The first-order chi connectivity index (χ1) is 13.3. The van der Waals surface area contributed by atoms with Crippen molar-refractivity contribution >= 4 is 17.3 Å². The summed E-state index contributed by atoms with van der Waals surface area (Å²) in [5.41, 5.74) is 2.11. The predicted octanol–water partition coefficient (Wildman–Crippen LogP) is 6.18. The van der Waals surface area contributed by atoms with Gasteiger partial charge >= 0.3 is 5.97 Å². The second kappa shape index (κ2) is 6.73. The number of ether oxygens (including phenoxy) is 1. The summed E-state index contributed by atoms with van der Waals surface area (Å²) in [6.07, 6.45) is 3.31. The monoisotopic (exact) mass is 378 g/mol. The summed E-state index contributed by atoms with van der Waals surface area (Å²) in [5.74, 6) is 0.559. The van der Waals surface area contributed by atoms with E-state index < -0.39 is 0 Å². The molecule has 0 aliphatic heterocycles.